The van der Waals surface area contributed by atoms with Crippen LogP contribution in [0.25, 0.3) is 0 Å². The Hall–Kier alpha value is -3.46. The van der Waals surface area contributed by atoms with Crippen molar-refractivity contribution < 1.29 is 14.3 Å². The molecule has 1 aliphatic heterocycles. The van der Waals surface area contributed by atoms with Crippen molar-refractivity contribution >= 4 is 28.9 Å². The largest absolute Gasteiger partial charge is 0.504 e. The third kappa shape index (κ3) is 6.52. The van der Waals surface area contributed by atoms with Crippen molar-refractivity contribution in [3.8, 4) is 5.75 Å². The normalized spacial score (nSPS) is 13.6. The Kier molecular flexibility index (Phi) is 8.37. The third-order valence-electron chi connectivity index (χ3n) is 4.94. The molecule has 33 heavy (non-hydrogen) atoms. The van der Waals surface area contributed by atoms with Crippen molar-refractivity contribution in [1.29, 1.82) is 0 Å². The van der Waals surface area contributed by atoms with Gasteiger partial charge in [0.2, 0.25) is 0 Å². The first-order valence-corrected chi connectivity index (χ1v) is 11.6. The number of amides is 1. The number of halogens is 1. The van der Waals surface area contributed by atoms with E-state index < -0.39 is 0 Å². The van der Waals surface area contributed by atoms with Gasteiger partial charge in [-0.3, -0.25) is 9.48 Å². The number of carbonyl (C=O) groups excluding carboxylic acids is 1. The van der Waals surface area contributed by atoms with Gasteiger partial charge in [-0.1, -0.05) is 48.0 Å². The number of fused-ring (bicyclic) bond motifs is 1. The smallest absolute Gasteiger partial charge is 0.275 e. The number of likely N-dealkylation sites (N-methyl/N-ethyl adjacent to an activating group) is 1. The second-order valence-electron chi connectivity index (χ2n) is 7.43. The zero-order valence-corrected chi connectivity index (χ0v) is 19.6. The predicted molar refractivity (Wildman–Crippen MR) is 131 cm³/mol. The molecule has 2 heterocycles. The average molecular weight is 468 g/mol. The van der Waals surface area contributed by atoms with E-state index in [0.717, 1.165) is 10.6 Å². The van der Waals surface area contributed by atoms with Crippen LogP contribution in [0.5, 0.6) is 5.75 Å². The van der Waals surface area contributed by atoms with Gasteiger partial charge in [-0.05, 0) is 30.9 Å². The van der Waals surface area contributed by atoms with E-state index in [1.807, 2.05) is 24.5 Å². The molecule has 2 aromatic carbocycles. The lowest BCUT2D eigenvalue weighted by atomic mass is 10.2. The van der Waals surface area contributed by atoms with Gasteiger partial charge in [0.25, 0.3) is 5.91 Å². The molecule has 7 nitrogen and oxygen atoms in total. The van der Waals surface area contributed by atoms with Crippen LogP contribution in [0.1, 0.15) is 27.3 Å². The summed E-state index contributed by atoms with van der Waals surface area (Å²) in [6.07, 6.45) is 3.72. The predicted octanol–water partition coefficient (Wildman–Crippen LogP) is 4.15. The topological polar surface area (TPSA) is 83.1 Å². The second-order valence-corrected chi connectivity index (χ2v) is 8.31. The van der Waals surface area contributed by atoms with E-state index in [-0.39, 0.29) is 28.9 Å². The number of nitrogens with zero attached hydrogens (tertiary/aromatic N) is 5. The maximum Gasteiger partial charge on any atom is 0.275 e. The maximum absolute atomic E-state index is 13.0. The quantitative estimate of drug-likeness (QED) is 0.355. The SMILES string of the molecule is CS/C(Cc1ccc(F)cc1)=N\N=C\c1nn2c(c1O)C(=O)N(C)CC2.Cc1ccccc1. The zero-order chi connectivity index (χ0) is 23.8. The van der Waals surface area contributed by atoms with Crippen molar-refractivity contribution in [2.45, 2.75) is 19.9 Å². The summed E-state index contributed by atoms with van der Waals surface area (Å²) in [7, 11) is 1.68. The van der Waals surface area contributed by atoms with Crippen LogP contribution in [0.3, 0.4) is 0 Å². The molecule has 0 atom stereocenters. The summed E-state index contributed by atoms with van der Waals surface area (Å²) >= 11 is 1.43. The van der Waals surface area contributed by atoms with Crippen molar-refractivity contribution in [2.24, 2.45) is 10.2 Å². The Morgan fingerprint density at radius 3 is 2.48 bits per heavy atom. The molecular weight excluding hydrogens is 441 g/mol. The highest BCUT2D eigenvalue weighted by Crippen LogP contribution is 2.24. The fourth-order valence-corrected chi connectivity index (χ4v) is 3.51. The van der Waals surface area contributed by atoms with E-state index >= 15 is 0 Å². The monoisotopic (exact) mass is 467 g/mol. The molecule has 0 radical (unpaired) electrons. The molecule has 4 rings (SSSR count). The summed E-state index contributed by atoms with van der Waals surface area (Å²) in [5.41, 5.74) is 2.61. The molecule has 0 aliphatic carbocycles. The highest BCUT2D eigenvalue weighted by Gasteiger charge is 2.28. The Bertz CT molecular complexity index is 1140. The molecule has 1 aromatic heterocycles. The van der Waals surface area contributed by atoms with Crippen LogP contribution in [-0.2, 0) is 13.0 Å². The molecule has 0 saturated heterocycles. The van der Waals surface area contributed by atoms with Gasteiger partial charge >= 0.3 is 0 Å². The lowest BCUT2D eigenvalue weighted by Gasteiger charge is -2.22. The van der Waals surface area contributed by atoms with Crippen LogP contribution in [0.4, 0.5) is 4.39 Å². The van der Waals surface area contributed by atoms with Crippen molar-refractivity contribution in [2.75, 3.05) is 19.8 Å². The number of carbonyl (C=O) groups is 1. The number of aromatic hydroxyl groups is 1. The number of aromatic nitrogens is 2. The van der Waals surface area contributed by atoms with Crippen molar-refractivity contribution in [3.05, 3.63) is 82.9 Å². The minimum absolute atomic E-state index is 0.167. The van der Waals surface area contributed by atoms with Crippen LogP contribution in [0.2, 0.25) is 0 Å². The Labute approximate surface area is 196 Å². The fourth-order valence-electron chi connectivity index (χ4n) is 3.07. The van der Waals surface area contributed by atoms with Crippen LogP contribution in [-0.4, -0.2) is 56.8 Å². The number of hydrogen-bond acceptors (Lipinski definition) is 6. The standard InChI is InChI=1S/C17H18FN5O2S.C7H8/c1-22-7-8-23-15(17(22)25)16(24)13(21-23)10-19-20-14(26-2)9-11-3-5-12(18)6-4-11;1-7-5-3-2-4-6-7/h3-6,10,24H,7-9H2,1-2H3;2-6H,1H3/b19-10+,20-14-;. The van der Waals surface area contributed by atoms with Crippen LogP contribution < -0.4 is 0 Å². The first-order valence-electron chi connectivity index (χ1n) is 10.3. The number of thioether (sulfide) groups is 1. The maximum atomic E-state index is 13.0. The molecule has 0 unspecified atom stereocenters. The summed E-state index contributed by atoms with van der Waals surface area (Å²) in [6.45, 7) is 3.14. The number of rotatable bonds is 4. The second kappa shape index (κ2) is 11.4. The average Bonchev–Trinajstić information content (AvgIpc) is 3.14. The molecule has 0 saturated carbocycles. The van der Waals surface area contributed by atoms with Crippen LogP contribution in [0, 0.1) is 12.7 Å². The number of hydrogen-bond donors (Lipinski definition) is 1. The van der Waals surface area contributed by atoms with Crippen molar-refractivity contribution in [1.82, 2.24) is 14.7 Å². The lowest BCUT2D eigenvalue weighted by molar-refractivity contribution is 0.0739. The van der Waals surface area contributed by atoms with E-state index in [0.29, 0.717) is 19.5 Å². The summed E-state index contributed by atoms with van der Waals surface area (Å²) in [6, 6.07) is 16.5. The number of aryl methyl sites for hydroxylation is 1. The Balaban J connectivity index is 0.000000374. The van der Waals surface area contributed by atoms with Gasteiger partial charge in [0.1, 0.15) is 11.5 Å². The first kappa shape index (κ1) is 24.2. The molecular formula is C24H26FN5O2S. The van der Waals surface area contributed by atoms with E-state index in [2.05, 4.69) is 34.4 Å². The zero-order valence-electron chi connectivity index (χ0n) is 18.8. The molecule has 0 bridgehead atoms. The van der Waals surface area contributed by atoms with Crippen LogP contribution in [0.15, 0.2) is 64.8 Å². The summed E-state index contributed by atoms with van der Waals surface area (Å²) in [5, 5.41) is 23.3. The minimum Gasteiger partial charge on any atom is -0.504 e. The fraction of sp³-hybridized carbons (Fsp3) is 0.250. The number of benzene rings is 2. The van der Waals surface area contributed by atoms with Gasteiger partial charge in [0, 0.05) is 20.0 Å². The first-order chi connectivity index (χ1) is 15.9. The van der Waals surface area contributed by atoms with E-state index in [1.165, 1.54) is 45.3 Å². The lowest BCUT2D eigenvalue weighted by Crippen LogP contribution is -2.37. The molecule has 1 N–H and O–H groups in total. The van der Waals surface area contributed by atoms with Crippen molar-refractivity contribution in [3.63, 3.8) is 0 Å². The molecule has 172 valence electrons. The Morgan fingerprint density at radius 1 is 1.18 bits per heavy atom. The highest BCUT2D eigenvalue weighted by molar-refractivity contribution is 8.13. The van der Waals surface area contributed by atoms with Gasteiger partial charge < -0.3 is 10.0 Å². The molecule has 0 spiro atoms. The minimum atomic E-state index is -0.283. The van der Waals surface area contributed by atoms with E-state index in [9.17, 15) is 14.3 Å². The van der Waals surface area contributed by atoms with Gasteiger partial charge in [-0.25, -0.2) is 4.39 Å². The van der Waals surface area contributed by atoms with Gasteiger partial charge in [0.15, 0.2) is 11.4 Å². The summed E-state index contributed by atoms with van der Waals surface area (Å²) in [4.78, 5) is 13.6. The molecule has 1 aliphatic rings. The molecule has 0 fully saturated rings. The Morgan fingerprint density at radius 2 is 1.88 bits per heavy atom. The highest BCUT2D eigenvalue weighted by atomic mass is 32.2. The van der Waals surface area contributed by atoms with E-state index in [1.54, 1.807) is 19.2 Å². The van der Waals surface area contributed by atoms with E-state index in [4.69, 9.17) is 0 Å². The molecule has 9 heteroatoms. The third-order valence-corrected chi connectivity index (χ3v) is 5.64. The van der Waals surface area contributed by atoms with Crippen LogP contribution >= 0.6 is 11.8 Å². The van der Waals surface area contributed by atoms with Gasteiger partial charge in [0.05, 0.1) is 17.8 Å². The summed E-state index contributed by atoms with van der Waals surface area (Å²) < 4.78 is 14.4. The van der Waals surface area contributed by atoms with Gasteiger partial charge in [-0.2, -0.15) is 10.2 Å². The summed E-state index contributed by atoms with van der Waals surface area (Å²) in [5.74, 6) is -0.746. The van der Waals surface area contributed by atoms with Gasteiger partial charge in [-0.15, -0.1) is 16.9 Å². The molecule has 1 amide bonds. The molecule has 3 aromatic rings.